The SMILES string of the molecule is CNC(=O)C(C)Oc1ccc(C(C)O)cc1Cl. The zero-order chi connectivity index (χ0) is 13.0. The van der Waals surface area contributed by atoms with Crippen LogP contribution in [0.25, 0.3) is 0 Å². The zero-order valence-corrected chi connectivity index (χ0v) is 10.8. The highest BCUT2D eigenvalue weighted by molar-refractivity contribution is 6.32. The van der Waals surface area contributed by atoms with Crippen LogP contribution < -0.4 is 10.1 Å². The number of aliphatic hydroxyl groups excluding tert-OH is 1. The number of carbonyl (C=O) groups excluding carboxylic acids is 1. The Morgan fingerprint density at radius 1 is 1.47 bits per heavy atom. The summed E-state index contributed by atoms with van der Waals surface area (Å²) in [6.07, 6.45) is -1.20. The van der Waals surface area contributed by atoms with Crippen LogP contribution in [-0.4, -0.2) is 24.2 Å². The summed E-state index contributed by atoms with van der Waals surface area (Å²) in [5.41, 5.74) is 0.704. The Morgan fingerprint density at radius 3 is 2.59 bits per heavy atom. The maximum absolute atomic E-state index is 11.3. The molecule has 0 aliphatic carbocycles. The van der Waals surface area contributed by atoms with Gasteiger partial charge in [-0.15, -0.1) is 0 Å². The van der Waals surface area contributed by atoms with E-state index in [-0.39, 0.29) is 5.91 Å². The number of carbonyl (C=O) groups is 1. The number of aliphatic hydroxyl groups is 1. The molecule has 1 aromatic rings. The molecular formula is C12H16ClNO3. The van der Waals surface area contributed by atoms with Crippen LogP contribution >= 0.6 is 11.6 Å². The summed E-state index contributed by atoms with van der Waals surface area (Å²) >= 11 is 6.00. The number of rotatable bonds is 4. The molecule has 0 radical (unpaired) electrons. The van der Waals surface area contributed by atoms with Gasteiger partial charge >= 0.3 is 0 Å². The van der Waals surface area contributed by atoms with Gasteiger partial charge in [0.1, 0.15) is 5.75 Å². The van der Waals surface area contributed by atoms with E-state index in [1.165, 1.54) is 0 Å². The maximum Gasteiger partial charge on any atom is 0.260 e. The zero-order valence-electron chi connectivity index (χ0n) is 10.0. The fourth-order valence-corrected chi connectivity index (χ4v) is 1.55. The summed E-state index contributed by atoms with van der Waals surface area (Å²) in [6, 6.07) is 4.98. The molecule has 0 bridgehead atoms. The average Bonchev–Trinajstić information content (AvgIpc) is 2.30. The van der Waals surface area contributed by atoms with Crippen molar-refractivity contribution >= 4 is 17.5 Å². The van der Waals surface area contributed by atoms with E-state index in [0.29, 0.717) is 16.3 Å². The Hall–Kier alpha value is -1.26. The molecule has 0 aliphatic heterocycles. The molecule has 2 N–H and O–H groups in total. The Balaban J connectivity index is 2.83. The Morgan fingerprint density at radius 2 is 2.12 bits per heavy atom. The molecule has 17 heavy (non-hydrogen) atoms. The number of hydrogen-bond donors (Lipinski definition) is 2. The highest BCUT2D eigenvalue weighted by Crippen LogP contribution is 2.28. The third-order valence-corrected chi connectivity index (χ3v) is 2.65. The number of ether oxygens (including phenoxy) is 1. The number of likely N-dealkylation sites (N-methyl/N-ethyl adjacent to an activating group) is 1. The summed E-state index contributed by atoms with van der Waals surface area (Å²) in [5, 5.41) is 12.2. The van der Waals surface area contributed by atoms with Gasteiger partial charge in [-0.05, 0) is 31.5 Å². The summed E-state index contributed by atoms with van der Waals surface area (Å²) in [5.74, 6) is 0.202. The third kappa shape index (κ3) is 3.61. The molecular weight excluding hydrogens is 242 g/mol. The normalized spacial score (nSPS) is 13.9. The monoisotopic (exact) mass is 257 g/mol. The standard InChI is InChI=1S/C12H16ClNO3/c1-7(15)9-4-5-11(10(13)6-9)17-8(2)12(16)14-3/h4-8,15H,1-3H3,(H,14,16). The van der Waals surface area contributed by atoms with Crippen LogP contribution in [0.2, 0.25) is 5.02 Å². The van der Waals surface area contributed by atoms with E-state index in [1.807, 2.05) is 0 Å². The topological polar surface area (TPSA) is 58.6 Å². The summed E-state index contributed by atoms with van der Waals surface area (Å²) in [6.45, 7) is 3.29. The van der Waals surface area contributed by atoms with E-state index >= 15 is 0 Å². The van der Waals surface area contributed by atoms with Crippen LogP contribution in [-0.2, 0) is 4.79 Å². The average molecular weight is 258 g/mol. The van der Waals surface area contributed by atoms with E-state index in [2.05, 4.69) is 5.32 Å². The van der Waals surface area contributed by atoms with Crippen molar-refractivity contribution in [1.82, 2.24) is 5.32 Å². The maximum atomic E-state index is 11.3. The van der Waals surface area contributed by atoms with Crippen molar-refractivity contribution in [3.8, 4) is 5.75 Å². The lowest BCUT2D eigenvalue weighted by molar-refractivity contribution is -0.126. The second-order valence-corrected chi connectivity index (χ2v) is 4.15. The van der Waals surface area contributed by atoms with Crippen molar-refractivity contribution in [1.29, 1.82) is 0 Å². The van der Waals surface area contributed by atoms with Crippen molar-refractivity contribution in [2.45, 2.75) is 26.1 Å². The Labute approximate surface area is 106 Å². The third-order valence-electron chi connectivity index (χ3n) is 2.36. The predicted molar refractivity (Wildman–Crippen MR) is 66.2 cm³/mol. The van der Waals surface area contributed by atoms with E-state index in [0.717, 1.165) is 0 Å². The minimum absolute atomic E-state index is 0.222. The number of benzene rings is 1. The van der Waals surface area contributed by atoms with Crippen molar-refractivity contribution in [3.05, 3.63) is 28.8 Å². The number of nitrogens with one attached hydrogen (secondary N) is 1. The first-order valence-electron chi connectivity index (χ1n) is 5.31. The molecule has 94 valence electrons. The Kier molecular flexibility index (Phi) is 4.78. The summed E-state index contributed by atoms with van der Waals surface area (Å²) < 4.78 is 5.41. The minimum Gasteiger partial charge on any atom is -0.479 e. The van der Waals surface area contributed by atoms with Gasteiger partial charge in [0, 0.05) is 7.05 Å². The van der Waals surface area contributed by atoms with Gasteiger partial charge in [0.15, 0.2) is 6.10 Å². The molecule has 0 heterocycles. The molecule has 1 amide bonds. The minimum atomic E-state index is -0.616. The van der Waals surface area contributed by atoms with Gasteiger partial charge < -0.3 is 15.2 Å². The van der Waals surface area contributed by atoms with Gasteiger partial charge in [0.05, 0.1) is 11.1 Å². The van der Waals surface area contributed by atoms with E-state index in [4.69, 9.17) is 16.3 Å². The van der Waals surface area contributed by atoms with Crippen molar-refractivity contribution in [2.75, 3.05) is 7.05 Å². The van der Waals surface area contributed by atoms with Crippen LogP contribution in [0.15, 0.2) is 18.2 Å². The molecule has 1 aromatic carbocycles. The summed E-state index contributed by atoms with van der Waals surface area (Å²) in [4.78, 5) is 11.3. The van der Waals surface area contributed by atoms with Crippen LogP contribution in [0.4, 0.5) is 0 Å². The van der Waals surface area contributed by atoms with Gasteiger partial charge in [0.25, 0.3) is 5.91 Å². The predicted octanol–water partition coefficient (Wildman–Crippen LogP) is 1.91. The van der Waals surface area contributed by atoms with Crippen LogP contribution in [0.1, 0.15) is 25.5 Å². The molecule has 2 unspecified atom stereocenters. The molecule has 0 spiro atoms. The quantitative estimate of drug-likeness (QED) is 0.866. The van der Waals surface area contributed by atoms with Gasteiger partial charge in [-0.1, -0.05) is 17.7 Å². The molecule has 2 atom stereocenters. The smallest absolute Gasteiger partial charge is 0.260 e. The molecule has 0 fully saturated rings. The Bertz CT molecular complexity index is 407. The van der Waals surface area contributed by atoms with Crippen molar-refractivity contribution in [2.24, 2.45) is 0 Å². The molecule has 0 saturated carbocycles. The molecule has 0 saturated heterocycles. The van der Waals surface area contributed by atoms with Gasteiger partial charge in [-0.3, -0.25) is 4.79 Å². The lowest BCUT2D eigenvalue weighted by atomic mass is 10.1. The molecule has 0 aliphatic rings. The lowest BCUT2D eigenvalue weighted by Crippen LogP contribution is -2.33. The number of halogens is 1. The molecule has 0 aromatic heterocycles. The van der Waals surface area contributed by atoms with Crippen molar-refractivity contribution < 1.29 is 14.6 Å². The van der Waals surface area contributed by atoms with E-state index in [9.17, 15) is 9.90 Å². The number of amides is 1. The fourth-order valence-electron chi connectivity index (χ4n) is 1.32. The van der Waals surface area contributed by atoms with E-state index < -0.39 is 12.2 Å². The molecule has 1 rings (SSSR count). The first-order chi connectivity index (χ1) is 7.95. The van der Waals surface area contributed by atoms with Gasteiger partial charge in [0.2, 0.25) is 0 Å². The van der Waals surface area contributed by atoms with Crippen molar-refractivity contribution in [3.63, 3.8) is 0 Å². The van der Waals surface area contributed by atoms with Crippen LogP contribution in [0.3, 0.4) is 0 Å². The lowest BCUT2D eigenvalue weighted by Gasteiger charge is -2.15. The largest absolute Gasteiger partial charge is 0.479 e. The van der Waals surface area contributed by atoms with Gasteiger partial charge in [-0.25, -0.2) is 0 Å². The summed E-state index contributed by atoms with van der Waals surface area (Å²) in [7, 11) is 1.54. The number of hydrogen-bond acceptors (Lipinski definition) is 3. The highest BCUT2D eigenvalue weighted by atomic mass is 35.5. The van der Waals surface area contributed by atoms with E-state index in [1.54, 1.807) is 39.1 Å². The highest BCUT2D eigenvalue weighted by Gasteiger charge is 2.15. The second-order valence-electron chi connectivity index (χ2n) is 3.74. The molecule has 4 nitrogen and oxygen atoms in total. The second kappa shape index (κ2) is 5.89. The van der Waals surface area contributed by atoms with Gasteiger partial charge in [-0.2, -0.15) is 0 Å². The van der Waals surface area contributed by atoms with Crippen LogP contribution in [0.5, 0.6) is 5.75 Å². The first-order valence-corrected chi connectivity index (χ1v) is 5.69. The first kappa shape index (κ1) is 13.8. The van der Waals surface area contributed by atoms with Crippen LogP contribution in [0, 0.1) is 0 Å². The molecule has 5 heteroatoms. The fraction of sp³-hybridized carbons (Fsp3) is 0.417.